The van der Waals surface area contributed by atoms with Crippen LogP contribution in [0.5, 0.6) is 11.5 Å². The van der Waals surface area contributed by atoms with Crippen molar-refractivity contribution < 1.29 is 28.4 Å². The maximum atomic E-state index is 6.18. The molecule has 3 fully saturated rings. The number of hydrogen-bond donors (Lipinski definition) is 0. The predicted molar refractivity (Wildman–Crippen MR) is 172 cm³/mol. The van der Waals surface area contributed by atoms with Crippen LogP contribution in [-0.2, 0) is 24.4 Å². The van der Waals surface area contributed by atoms with Crippen molar-refractivity contribution in [2.45, 2.75) is 68.7 Å². The van der Waals surface area contributed by atoms with Crippen LogP contribution >= 0.6 is 0 Å². The van der Waals surface area contributed by atoms with E-state index >= 15 is 0 Å². The largest absolute Gasteiger partial charge is 0.437 e. The molecule has 0 N–H and O–H groups in total. The topological polar surface area (TPSA) is 62.0 Å². The van der Waals surface area contributed by atoms with E-state index in [1.807, 2.05) is 0 Å². The molecule has 4 aromatic rings. The third kappa shape index (κ3) is 6.25. The van der Waals surface area contributed by atoms with Gasteiger partial charge in [-0.3, -0.25) is 0 Å². The Morgan fingerprint density at radius 1 is 0.600 bits per heavy atom. The molecule has 6 heteroatoms. The van der Waals surface area contributed by atoms with Crippen molar-refractivity contribution in [2.75, 3.05) is 26.4 Å². The molecule has 7 rings (SSSR count). The molecule has 1 aliphatic carbocycles. The van der Waals surface area contributed by atoms with E-state index in [1.165, 1.54) is 22.3 Å². The molecule has 2 heterocycles. The summed E-state index contributed by atoms with van der Waals surface area (Å²) in [7, 11) is 0. The first-order valence-electron chi connectivity index (χ1n) is 16.3. The Labute approximate surface area is 266 Å². The van der Waals surface area contributed by atoms with E-state index in [9.17, 15) is 0 Å². The van der Waals surface area contributed by atoms with Gasteiger partial charge in [-0.15, -0.1) is 0 Å². The first kappa shape index (κ1) is 30.0. The normalized spacial score (nSPS) is 28.5. The average Bonchev–Trinajstić information content (AvgIpc) is 4.01. The summed E-state index contributed by atoms with van der Waals surface area (Å²) in [5, 5.41) is 0. The van der Waals surface area contributed by atoms with Gasteiger partial charge in [-0.25, -0.2) is 0 Å². The minimum absolute atomic E-state index is 0.249. The molecule has 0 radical (unpaired) electrons. The summed E-state index contributed by atoms with van der Waals surface area (Å²) >= 11 is 0. The minimum atomic E-state index is -0.952. The maximum Gasteiger partial charge on any atom is 0.352 e. The summed E-state index contributed by atoms with van der Waals surface area (Å²) in [6.45, 7) is 6.23. The number of epoxide rings is 2. The van der Waals surface area contributed by atoms with Gasteiger partial charge in [0.1, 0.15) is 24.7 Å². The van der Waals surface area contributed by atoms with Crippen LogP contribution in [0.2, 0.25) is 0 Å². The van der Waals surface area contributed by atoms with Gasteiger partial charge in [0.25, 0.3) is 0 Å². The summed E-state index contributed by atoms with van der Waals surface area (Å²) in [5.74, 6) is 0.211. The Morgan fingerprint density at radius 2 is 1.04 bits per heavy atom. The molecule has 4 unspecified atom stereocenters. The van der Waals surface area contributed by atoms with Gasteiger partial charge in [0.15, 0.2) is 0 Å². The van der Waals surface area contributed by atoms with Crippen LogP contribution in [0, 0.1) is 0 Å². The quantitative estimate of drug-likeness (QED) is 0.106. The van der Waals surface area contributed by atoms with Crippen LogP contribution in [0.1, 0.15) is 73.6 Å². The summed E-state index contributed by atoms with van der Waals surface area (Å²) in [6, 6.07) is 39.0. The first-order valence-corrected chi connectivity index (χ1v) is 16.3. The highest BCUT2D eigenvalue weighted by Crippen LogP contribution is 2.60. The number of hydrogen-bond acceptors (Lipinski definition) is 6. The minimum Gasteiger partial charge on any atom is -0.437 e. The molecular weight excluding hydrogens is 564 g/mol. The van der Waals surface area contributed by atoms with Crippen molar-refractivity contribution in [1.82, 2.24) is 0 Å². The highest BCUT2D eigenvalue weighted by Gasteiger charge is 2.53. The molecule has 234 valence electrons. The Hall–Kier alpha value is -3.68. The molecule has 0 bridgehead atoms. The number of benzene rings is 4. The summed E-state index contributed by atoms with van der Waals surface area (Å²) in [5.41, 5.74) is 4.93. The van der Waals surface area contributed by atoms with E-state index in [4.69, 9.17) is 28.4 Å². The van der Waals surface area contributed by atoms with Gasteiger partial charge in [-0.05, 0) is 84.0 Å². The van der Waals surface area contributed by atoms with E-state index in [0.29, 0.717) is 32.3 Å². The Balaban J connectivity index is 1.27. The van der Waals surface area contributed by atoms with Crippen LogP contribution in [0.4, 0.5) is 0 Å². The summed E-state index contributed by atoms with van der Waals surface area (Å²) < 4.78 is 35.2. The zero-order valence-electron chi connectivity index (χ0n) is 26.2. The van der Waals surface area contributed by atoms with Gasteiger partial charge in [-0.1, -0.05) is 98.8 Å². The zero-order chi connectivity index (χ0) is 30.7. The molecule has 2 saturated heterocycles. The van der Waals surface area contributed by atoms with Gasteiger partial charge in [-0.2, -0.15) is 0 Å². The average molecular weight is 607 g/mol. The summed E-state index contributed by atoms with van der Waals surface area (Å²) in [6.07, 6.45) is 3.82. The lowest BCUT2D eigenvalue weighted by atomic mass is 9.65. The second-order valence-corrected chi connectivity index (χ2v) is 12.4. The second kappa shape index (κ2) is 12.6. The Morgan fingerprint density at radius 3 is 1.47 bits per heavy atom. The highest BCUT2D eigenvalue weighted by atomic mass is 16.9. The van der Waals surface area contributed by atoms with Gasteiger partial charge in [0, 0.05) is 5.41 Å². The van der Waals surface area contributed by atoms with Gasteiger partial charge in [0.2, 0.25) is 0 Å². The molecule has 1 saturated carbocycles. The lowest BCUT2D eigenvalue weighted by molar-refractivity contribution is -0.173. The summed E-state index contributed by atoms with van der Waals surface area (Å²) in [4.78, 5) is 0. The monoisotopic (exact) mass is 606 g/mol. The van der Waals surface area contributed by atoms with E-state index < -0.39 is 11.9 Å². The van der Waals surface area contributed by atoms with Crippen LogP contribution in [0.3, 0.4) is 0 Å². The van der Waals surface area contributed by atoms with Gasteiger partial charge in [0.05, 0.1) is 13.2 Å². The van der Waals surface area contributed by atoms with Gasteiger partial charge < -0.3 is 28.4 Å². The third-order valence-electron chi connectivity index (χ3n) is 9.25. The molecular formula is C39H42O6. The number of rotatable bonds is 14. The lowest BCUT2D eigenvalue weighted by Crippen LogP contribution is -2.31. The SMILES string of the molecule is CCCOC1(Oc2ccc(C3(c4ccc(OC5(OCCC)CO5)cc4)CC(c4ccccc4)CC3c3ccccc3)cc2)CO1. The zero-order valence-corrected chi connectivity index (χ0v) is 26.2. The molecule has 0 spiro atoms. The molecule has 4 atom stereocenters. The third-order valence-corrected chi connectivity index (χ3v) is 9.25. The van der Waals surface area contributed by atoms with Crippen molar-refractivity contribution in [3.8, 4) is 11.5 Å². The van der Waals surface area contributed by atoms with Crippen molar-refractivity contribution in [3.05, 3.63) is 131 Å². The van der Waals surface area contributed by atoms with E-state index in [1.54, 1.807) is 0 Å². The van der Waals surface area contributed by atoms with Crippen molar-refractivity contribution >= 4 is 0 Å². The van der Waals surface area contributed by atoms with Crippen molar-refractivity contribution in [2.24, 2.45) is 0 Å². The maximum absolute atomic E-state index is 6.18. The van der Waals surface area contributed by atoms with Crippen molar-refractivity contribution in [3.63, 3.8) is 0 Å². The molecule has 3 aliphatic rings. The molecule has 0 amide bonds. The smallest absolute Gasteiger partial charge is 0.352 e. The van der Waals surface area contributed by atoms with E-state index in [2.05, 4.69) is 123 Å². The molecule has 6 nitrogen and oxygen atoms in total. The van der Waals surface area contributed by atoms with Crippen LogP contribution in [0.15, 0.2) is 109 Å². The van der Waals surface area contributed by atoms with E-state index in [-0.39, 0.29) is 11.3 Å². The second-order valence-electron chi connectivity index (χ2n) is 12.4. The highest BCUT2D eigenvalue weighted by molar-refractivity contribution is 5.51. The molecule has 2 aliphatic heterocycles. The lowest BCUT2D eigenvalue weighted by Gasteiger charge is -2.38. The van der Waals surface area contributed by atoms with Gasteiger partial charge >= 0.3 is 11.9 Å². The standard InChI is InChI=1S/C39H42O6/c1-3-23-40-38(27-42-38)44-34-19-15-32(16-20-34)37(33-17-21-35(22-18-33)45-39(28-43-39)41-24-4-2)26-31(29-11-7-5-8-12-29)25-36(37)30-13-9-6-10-14-30/h5-22,31,36H,3-4,23-28H2,1-2H3. The van der Waals surface area contributed by atoms with Crippen LogP contribution < -0.4 is 9.47 Å². The molecule has 0 aromatic heterocycles. The van der Waals surface area contributed by atoms with Crippen molar-refractivity contribution in [1.29, 1.82) is 0 Å². The Kier molecular flexibility index (Phi) is 8.40. The van der Waals surface area contributed by atoms with Crippen LogP contribution in [-0.4, -0.2) is 38.4 Å². The predicted octanol–water partition coefficient (Wildman–Crippen LogP) is 8.31. The fraction of sp³-hybridized carbons (Fsp3) is 0.385. The molecule has 4 aromatic carbocycles. The van der Waals surface area contributed by atoms with E-state index in [0.717, 1.165) is 37.2 Å². The fourth-order valence-electron chi connectivity index (χ4n) is 6.97. The molecule has 45 heavy (non-hydrogen) atoms. The number of ether oxygens (including phenoxy) is 6. The van der Waals surface area contributed by atoms with Crippen LogP contribution in [0.25, 0.3) is 0 Å². The first-order chi connectivity index (χ1) is 22.1. The fourth-order valence-corrected chi connectivity index (χ4v) is 6.97. The Bertz CT molecular complexity index is 1460.